The van der Waals surface area contributed by atoms with Gasteiger partial charge in [-0.05, 0) is 42.3 Å². The van der Waals surface area contributed by atoms with Gasteiger partial charge in [-0.2, -0.15) is 0 Å². The third-order valence-corrected chi connectivity index (χ3v) is 4.85. The molecular weight excluding hydrogens is 383 g/mol. The topological polar surface area (TPSA) is 75.3 Å². The van der Waals surface area contributed by atoms with Crippen molar-refractivity contribution in [2.75, 3.05) is 11.6 Å². The Kier molecular flexibility index (Phi) is 6.46. The normalized spacial score (nSPS) is 12.6. The van der Waals surface area contributed by atoms with Crippen LogP contribution in [0.1, 0.15) is 23.6 Å². The van der Waals surface area contributed by atoms with Gasteiger partial charge in [0.2, 0.25) is 15.9 Å². The average Bonchev–Trinajstić information content (AvgIpc) is 2.49. The molecule has 0 saturated heterocycles. The van der Waals surface area contributed by atoms with E-state index >= 15 is 0 Å². The van der Waals surface area contributed by atoms with Gasteiger partial charge in [-0.3, -0.25) is 4.79 Å². The molecule has 2 aromatic rings. The number of hydrogen-bond donors (Lipinski definition) is 2. The van der Waals surface area contributed by atoms with E-state index in [0.717, 1.165) is 11.8 Å². The second-order valence-electron chi connectivity index (χ2n) is 5.71. The molecule has 0 radical (unpaired) electrons. The number of hydrogen-bond acceptors (Lipinski definition) is 3. The first-order valence-corrected chi connectivity index (χ1v) is 10.1. The van der Waals surface area contributed by atoms with Gasteiger partial charge in [0, 0.05) is 22.2 Å². The maximum Gasteiger partial charge on any atom is 0.226 e. The first-order valence-electron chi connectivity index (χ1n) is 7.43. The highest BCUT2D eigenvalue weighted by atomic mass is 35.5. The van der Waals surface area contributed by atoms with Crippen molar-refractivity contribution in [2.45, 2.75) is 19.4 Å². The molecule has 1 amide bonds. The molecule has 8 heteroatoms. The van der Waals surface area contributed by atoms with Crippen LogP contribution in [0.2, 0.25) is 10.0 Å². The molecule has 134 valence electrons. The van der Waals surface area contributed by atoms with E-state index < -0.39 is 16.1 Å². The second kappa shape index (κ2) is 8.19. The zero-order valence-corrected chi connectivity index (χ0v) is 16.0. The fourth-order valence-electron chi connectivity index (χ4n) is 2.25. The van der Waals surface area contributed by atoms with Crippen molar-refractivity contribution in [1.82, 2.24) is 4.72 Å². The van der Waals surface area contributed by atoms with E-state index in [4.69, 9.17) is 23.2 Å². The first-order chi connectivity index (χ1) is 11.6. The summed E-state index contributed by atoms with van der Waals surface area (Å²) in [5.74, 6) is -0.337. The summed E-state index contributed by atoms with van der Waals surface area (Å²) in [6, 6.07) is 11.1. The molecule has 0 aliphatic heterocycles. The second-order valence-corrected chi connectivity index (χ2v) is 8.33. The van der Waals surface area contributed by atoms with Gasteiger partial charge >= 0.3 is 0 Å². The first kappa shape index (κ1) is 19.7. The summed E-state index contributed by atoms with van der Waals surface area (Å²) in [7, 11) is -3.50. The van der Waals surface area contributed by atoms with Crippen molar-refractivity contribution in [3.05, 3.63) is 63.6 Å². The fourth-order valence-corrected chi connectivity index (χ4v) is 3.29. The van der Waals surface area contributed by atoms with Crippen LogP contribution in [0.25, 0.3) is 0 Å². The van der Waals surface area contributed by atoms with E-state index in [0.29, 0.717) is 21.3 Å². The minimum Gasteiger partial charge on any atom is -0.326 e. The van der Waals surface area contributed by atoms with E-state index in [1.54, 1.807) is 42.5 Å². The molecule has 1 atom stereocenters. The summed E-state index contributed by atoms with van der Waals surface area (Å²) < 4.78 is 25.7. The summed E-state index contributed by atoms with van der Waals surface area (Å²) in [6.45, 7) is 1.86. The van der Waals surface area contributed by atoms with Crippen molar-refractivity contribution in [3.63, 3.8) is 0 Å². The van der Waals surface area contributed by atoms with E-state index in [1.807, 2.05) is 6.92 Å². The van der Waals surface area contributed by atoms with E-state index in [9.17, 15) is 13.2 Å². The molecular formula is C17H18Cl2N2O3S. The Balaban J connectivity index is 2.16. The molecule has 0 aromatic heterocycles. The van der Waals surface area contributed by atoms with E-state index in [-0.39, 0.29) is 12.3 Å². The predicted molar refractivity (Wildman–Crippen MR) is 102 cm³/mol. The lowest BCUT2D eigenvalue weighted by molar-refractivity contribution is -0.116. The van der Waals surface area contributed by atoms with Crippen LogP contribution in [0.3, 0.4) is 0 Å². The minimum absolute atomic E-state index is 0.0692. The quantitative estimate of drug-likeness (QED) is 0.771. The summed E-state index contributed by atoms with van der Waals surface area (Å²) >= 11 is 11.9. The third-order valence-electron chi connectivity index (χ3n) is 3.47. The molecule has 0 fully saturated rings. The smallest absolute Gasteiger partial charge is 0.226 e. The van der Waals surface area contributed by atoms with Gasteiger partial charge in [-0.25, -0.2) is 13.1 Å². The molecule has 0 bridgehead atoms. The standard InChI is InChI=1S/C17H18Cl2N2O3S/c1-11-3-8-14(9-15(11)19)20-17(22)10-16(21-25(2,23)24)12-4-6-13(18)7-5-12/h3-9,16,21H,10H2,1-2H3,(H,20,22)/t16-/m1/s1. The Morgan fingerprint density at radius 1 is 1.12 bits per heavy atom. The lowest BCUT2D eigenvalue weighted by Gasteiger charge is -2.18. The van der Waals surface area contributed by atoms with Crippen LogP contribution in [0.5, 0.6) is 0 Å². The molecule has 0 aliphatic carbocycles. The Morgan fingerprint density at radius 3 is 2.32 bits per heavy atom. The minimum atomic E-state index is -3.50. The van der Waals surface area contributed by atoms with Crippen molar-refractivity contribution in [3.8, 4) is 0 Å². The van der Waals surface area contributed by atoms with E-state index in [1.165, 1.54) is 0 Å². The Bertz CT molecular complexity index is 868. The van der Waals surface area contributed by atoms with Gasteiger partial charge < -0.3 is 5.32 Å². The molecule has 25 heavy (non-hydrogen) atoms. The van der Waals surface area contributed by atoms with Gasteiger partial charge in [-0.1, -0.05) is 41.4 Å². The molecule has 5 nitrogen and oxygen atoms in total. The van der Waals surface area contributed by atoms with Crippen LogP contribution in [-0.4, -0.2) is 20.6 Å². The third kappa shape index (κ3) is 6.32. The zero-order valence-electron chi connectivity index (χ0n) is 13.7. The molecule has 0 unspecified atom stereocenters. The maximum absolute atomic E-state index is 12.3. The fraction of sp³-hybridized carbons (Fsp3) is 0.235. The number of nitrogens with one attached hydrogen (secondary N) is 2. The zero-order chi connectivity index (χ0) is 18.6. The van der Waals surface area contributed by atoms with Crippen LogP contribution >= 0.6 is 23.2 Å². The Labute approximate surface area is 157 Å². The van der Waals surface area contributed by atoms with Gasteiger partial charge in [0.25, 0.3) is 0 Å². The van der Waals surface area contributed by atoms with Crippen molar-refractivity contribution >= 4 is 44.8 Å². The number of carbonyl (C=O) groups excluding carboxylic acids is 1. The number of carbonyl (C=O) groups is 1. The summed E-state index contributed by atoms with van der Waals surface area (Å²) in [4.78, 5) is 12.3. The summed E-state index contributed by atoms with van der Waals surface area (Å²) in [5.41, 5.74) is 2.10. The number of sulfonamides is 1. The highest BCUT2D eigenvalue weighted by molar-refractivity contribution is 7.88. The number of benzene rings is 2. The summed E-state index contributed by atoms with van der Waals surface area (Å²) in [5, 5.41) is 3.79. The molecule has 0 heterocycles. The number of rotatable bonds is 6. The van der Waals surface area contributed by atoms with Crippen LogP contribution in [0.15, 0.2) is 42.5 Å². The van der Waals surface area contributed by atoms with Crippen LogP contribution in [0, 0.1) is 6.92 Å². The molecule has 0 saturated carbocycles. The monoisotopic (exact) mass is 400 g/mol. The van der Waals surface area contributed by atoms with Crippen LogP contribution in [-0.2, 0) is 14.8 Å². The summed E-state index contributed by atoms with van der Waals surface area (Å²) in [6.07, 6.45) is 0.980. The molecule has 0 aliphatic rings. The molecule has 2 rings (SSSR count). The largest absolute Gasteiger partial charge is 0.326 e. The highest BCUT2D eigenvalue weighted by Crippen LogP contribution is 2.23. The van der Waals surface area contributed by atoms with Crippen molar-refractivity contribution in [1.29, 1.82) is 0 Å². The number of halogens is 2. The lowest BCUT2D eigenvalue weighted by Crippen LogP contribution is -2.30. The predicted octanol–water partition coefficient (Wildman–Crippen LogP) is 3.92. The highest BCUT2D eigenvalue weighted by Gasteiger charge is 2.20. The maximum atomic E-state index is 12.3. The van der Waals surface area contributed by atoms with Gasteiger partial charge in [-0.15, -0.1) is 0 Å². The van der Waals surface area contributed by atoms with Gasteiger partial charge in [0.05, 0.1) is 12.3 Å². The number of anilines is 1. The molecule has 2 aromatic carbocycles. The average molecular weight is 401 g/mol. The van der Waals surface area contributed by atoms with Gasteiger partial charge in [0.15, 0.2) is 0 Å². The Hall–Kier alpha value is -1.60. The van der Waals surface area contributed by atoms with E-state index in [2.05, 4.69) is 10.0 Å². The number of amides is 1. The molecule has 0 spiro atoms. The Morgan fingerprint density at radius 2 is 1.76 bits per heavy atom. The molecule has 2 N–H and O–H groups in total. The van der Waals surface area contributed by atoms with Crippen molar-refractivity contribution in [2.24, 2.45) is 0 Å². The number of aryl methyl sites for hydroxylation is 1. The lowest BCUT2D eigenvalue weighted by atomic mass is 10.0. The van der Waals surface area contributed by atoms with Gasteiger partial charge in [0.1, 0.15) is 0 Å². The SMILES string of the molecule is Cc1ccc(NC(=O)C[C@@H](NS(C)(=O)=O)c2ccc(Cl)cc2)cc1Cl. The van der Waals surface area contributed by atoms with Crippen molar-refractivity contribution < 1.29 is 13.2 Å². The van der Waals surface area contributed by atoms with Crippen LogP contribution in [0.4, 0.5) is 5.69 Å². The van der Waals surface area contributed by atoms with Crippen LogP contribution < -0.4 is 10.0 Å².